The molecule has 0 amide bonds. The maximum Gasteiger partial charge on any atom is 0.238 e. The van der Waals surface area contributed by atoms with E-state index < -0.39 is 0 Å². The average molecular weight is 262 g/mol. The molecule has 2 rings (SSSR count). The highest BCUT2D eigenvalue weighted by atomic mass is 35.5. The molecular weight excluding hydrogens is 254 g/mol. The molecule has 0 radical (unpaired) electrons. The Morgan fingerprint density at radius 2 is 2.22 bits per heavy atom. The summed E-state index contributed by atoms with van der Waals surface area (Å²) in [5.74, 6) is 0.00988. The molecule has 0 aliphatic heterocycles. The van der Waals surface area contributed by atoms with Crippen molar-refractivity contribution in [2.75, 3.05) is 5.73 Å². The zero-order valence-electron chi connectivity index (χ0n) is 9.17. The Morgan fingerprint density at radius 1 is 1.39 bits per heavy atom. The number of aromatic nitrogens is 3. The Morgan fingerprint density at radius 3 is 2.89 bits per heavy atom. The van der Waals surface area contributed by atoms with Gasteiger partial charge in [0, 0.05) is 6.20 Å². The van der Waals surface area contributed by atoms with Gasteiger partial charge >= 0.3 is 0 Å². The number of nitrogen functional groups attached to an aromatic ring is 1. The first kappa shape index (κ1) is 12.1. The summed E-state index contributed by atoms with van der Waals surface area (Å²) in [5.41, 5.74) is 6.20. The average Bonchev–Trinajstić information content (AvgIpc) is 2.37. The van der Waals surface area contributed by atoms with Crippen molar-refractivity contribution >= 4 is 17.5 Å². The Bertz CT molecular complexity index is 596. The van der Waals surface area contributed by atoms with Crippen LogP contribution in [-0.4, -0.2) is 15.0 Å². The molecule has 0 atom stereocenters. The van der Waals surface area contributed by atoms with E-state index in [1.165, 1.54) is 0 Å². The Balaban J connectivity index is 2.22. The predicted molar refractivity (Wildman–Crippen MR) is 64.7 cm³/mol. The summed E-state index contributed by atoms with van der Waals surface area (Å²) >= 11 is 5.77. The van der Waals surface area contributed by atoms with E-state index in [4.69, 9.17) is 27.3 Å². The molecular formula is C11H8ClN5O. The summed E-state index contributed by atoms with van der Waals surface area (Å²) in [6.45, 7) is 0.169. The van der Waals surface area contributed by atoms with Crippen molar-refractivity contribution in [3.63, 3.8) is 0 Å². The van der Waals surface area contributed by atoms with E-state index in [9.17, 15) is 0 Å². The van der Waals surface area contributed by atoms with Crippen molar-refractivity contribution in [3.8, 4) is 11.9 Å². The van der Waals surface area contributed by atoms with E-state index in [0.29, 0.717) is 5.69 Å². The molecule has 90 valence electrons. The van der Waals surface area contributed by atoms with E-state index in [0.717, 1.165) is 0 Å². The summed E-state index contributed by atoms with van der Waals surface area (Å²) in [5, 5.41) is 8.91. The van der Waals surface area contributed by atoms with Crippen molar-refractivity contribution in [2.45, 2.75) is 6.61 Å². The van der Waals surface area contributed by atoms with Crippen LogP contribution in [0.2, 0.25) is 5.15 Å². The number of halogens is 1. The molecule has 0 spiro atoms. The third-order valence-electron chi connectivity index (χ3n) is 2.04. The van der Waals surface area contributed by atoms with Gasteiger partial charge in [-0.05, 0) is 12.1 Å². The number of anilines is 1. The van der Waals surface area contributed by atoms with Crippen LogP contribution in [0.5, 0.6) is 5.88 Å². The van der Waals surface area contributed by atoms with Gasteiger partial charge in [-0.2, -0.15) is 15.2 Å². The first-order chi connectivity index (χ1) is 8.70. The van der Waals surface area contributed by atoms with Gasteiger partial charge in [-0.1, -0.05) is 17.7 Å². The molecule has 0 saturated carbocycles. The number of nitrogens with two attached hydrogens (primary N) is 1. The molecule has 0 unspecified atom stereocenters. The lowest BCUT2D eigenvalue weighted by atomic mass is 10.3. The fourth-order valence-electron chi connectivity index (χ4n) is 1.25. The van der Waals surface area contributed by atoms with Gasteiger partial charge < -0.3 is 10.5 Å². The SMILES string of the molecule is N#Cc1c(Cl)nc(N)nc1OCc1ccccn1. The summed E-state index contributed by atoms with van der Waals surface area (Å²) in [6, 6.07) is 7.29. The molecule has 6 nitrogen and oxygen atoms in total. The van der Waals surface area contributed by atoms with Gasteiger partial charge in [-0.3, -0.25) is 4.98 Å². The monoisotopic (exact) mass is 261 g/mol. The van der Waals surface area contributed by atoms with Crippen LogP contribution in [0.15, 0.2) is 24.4 Å². The highest BCUT2D eigenvalue weighted by Crippen LogP contribution is 2.23. The van der Waals surface area contributed by atoms with Crippen molar-refractivity contribution in [1.82, 2.24) is 15.0 Å². The molecule has 0 aliphatic carbocycles. The lowest BCUT2D eigenvalue weighted by Gasteiger charge is -2.07. The smallest absolute Gasteiger partial charge is 0.238 e. The molecule has 0 aromatic carbocycles. The van der Waals surface area contributed by atoms with Crippen molar-refractivity contribution in [1.29, 1.82) is 5.26 Å². The summed E-state index contributed by atoms with van der Waals surface area (Å²) in [6.07, 6.45) is 1.64. The summed E-state index contributed by atoms with van der Waals surface area (Å²) < 4.78 is 5.38. The van der Waals surface area contributed by atoms with E-state index in [2.05, 4.69) is 15.0 Å². The third-order valence-corrected chi connectivity index (χ3v) is 2.32. The van der Waals surface area contributed by atoms with Crippen LogP contribution in [0.25, 0.3) is 0 Å². The number of nitriles is 1. The van der Waals surface area contributed by atoms with Crippen LogP contribution in [0.4, 0.5) is 5.95 Å². The van der Waals surface area contributed by atoms with E-state index in [-0.39, 0.29) is 29.2 Å². The zero-order chi connectivity index (χ0) is 13.0. The second-order valence-electron chi connectivity index (χ2n) is 3.27. The molecule has 2 N–H and O–H groups in total. The third kappa shape index (κ3) is 2.64. The minimum atomic E-state index is -0.0463. The molecule has 2 aromatic rings. The van der Waals surface area contributed by atoms with Crippen molar-refractivity contribution in [3.05, 3.63) is 40.8 Å². The lowest BCUT2D eigenvalue weighted by Crippen LogP contribution is -2.05. The minimum absolute atomic E-state index is 0.0268. The number of nitrogens with zero attached hydrogens (tertiary/aromatic N) is 4. The molecule has 2 heterocycles. The van der Waals surface area contributed by atoms with E-state index in [1.54, 1.807) is 18.3 Å². The van der Waals surface area contributed by atoms with Gasteiger partial charge in [0.15, 0.2) is 10.7 Å². The number of ether oxygens (including phenoxy) is 1. The fourth-order valence-corrected chi connectivity index (χ4v) is 1.46. The maximum atomic E-state index is 8.94. The standard InChI is InChI=1S/C11H8ClN5O/c12-9-8(5-13)10(17-11(14)16-9)18-6-7-3-1-2-4-15-7/h1-4H,6H2,(H2,14,16,17). The number of hydrogen-bond acceptors (Lipinski definition) is 6. The molecule has 0 bridgehead atoms. The van der Waals surface area contributed by atoms with Crippen molar-refractivity contribution < 1.29 is 4.74 Å². The molecule has 18 heavy (non-hydrogen) atoms. The van der Waals surface area contributed by atoms with Crippen LogP contribution in [-0.2, 0) is 6.61 Å². The normalized spacial score (nSPS) is 9.78. The van der Waals surface area contributed by atoms with Crippen LogP contribution in [0.1, 0.15) is 11.3 Å². The van der Waals surface area contributed by atoms with Gasteiger partial charge in [0.1, 0.15) is 12.7 Å². The van der Waals surface area contributed by atoms with Gasteiger partial charge in [0.05, 0.1) is 5.69 Å². The maximum absolute atomic E-state index is 8.94. The number of rotatable bonds is 3. The van der Waals surface area contributed by atoms with Crippen molar-refractivity contribution in [2.24, 2.45) is 0 Å². The quantitative estimate of drug-likeness (QED) is 0.842. The second kappa shape index (κ2) is 5.29. The summed E-state index contributed by atoms with van der Waals surface area (Å²) in [4.78, 5) is 11.6. The molecule has 0 aliphatic rings. The minimum Gasteiger partial charge on any atom is -0.470 e. The Labute approximate surface area is 108 Å². The van der Waals surface area contributed by atoms with Crippen LogP contribution >= 0.6 is 11.6 Å². The van der Waals surface area contributed by atoms with Crippen LogP contribution < -0.4 is 10.5 Å². The lowest BCUT2D eigenvalue weighted by molar-refractivity contribution is 0.288. The highest BCUT2D eigenvalue weighted by Gasteiger charge is 2.13. The zero-order valence-corrected chi connectivity index (χ0v) is 9.92. The van der Waals surface area contributed by atoms with Gasteiger partial charge in [-0.15, -0.1) is 0 Å². The topological polar surface area (TPSA) is 97.7 Å². The van der Waals surface area contributed by atoms with E-state index in [1.807, 2.05) is 12.1 Å². The first-order valence-corrected chi connectivity index (χ1v) is 5.34. The van der Waals surface area contributed by atoms with Crippen LogP contribution in [0.3, 0.4) is 0 Å². The molecule has 0 fully saturated rings. The molecule has 7 heteroatoms. The fraction of sp³-hybridized carbons (Fsp3) is 0.0909. The highest BCUT2D eigenvalue weighted by molar-refractivity contribution is 6.30. The second-order valence-corrected chi connectivity index (χ2v) is 3.63. The summed E-state index contributed by atoms with van der Waals surface area (Å²) in [7, 11) is 0. The number of hydrogen-bond donors (Lipinski definition) is 1. The molecule has 2 aromatic heterocycles. The van der Waals surface area contributed by atoms with Gasteiger partial charge in [0.25, 0.3) is 0 Å². The van der Waals surface area contributed by atoms with E-state index >= 15 is 0 Å². The first-order valence-electron chi connectivity index (χ1n) is 4.96. The Kier molecular flexibility index (Phi) is 3.55. The number of pyridine rings is 1. The molecule has 0 saturated heterocycles. The largest absolute Gasteiger partial charge is 0.470 e. The van der Waals surface area contributed by atoms with Gasteiger partial charge in [-0.25, -0.2) is 0 Å². The van der Waals surface area contributed by atoms with Crippen LogP contribution in [0, 0.1) is 11.3 Å². The van der Waals surface area contributed by atoms with Gasteiger partial charge in [0.2, 0.25) is 11.8 Å². The Hall–Kier alpha value is -2.39. The predicted octanol–water partition coefficient (Wildman–Crippen LogP) is 1.56.